The zero-order valence-corrected chi connectivity index (χ0v) is 62.8. The Morgan fingerprint density at radius 2 is 0.344 bits per heavy atom. The Labute approximate surface area is 586 Å². The van der Waals surface area contributed by atoms with Gasteiger partial charge in [0.15, 0.2) is 0 Å². The molecule has 0 aliphatic carbocycles. The molecule has 4 aromatic carbocycles. The molecule has 522 valence electrons. The SMILES string of the molecule is CCCCCCCc1cc2c(cc1CCCCCCC)-c1cc3[nH]c(cc4nc(cc5[nH]c(cc-2n1)c1cc(CCCCCCC)c(CCCCCCC)cc51)-c1cc(CCCCCCC)c(CCCCCCC)cc1-4)c1cc(CCCCCCC)c(CCCCCCC)cc31. The summed E-state index contributed by atoms with van der Waals surface area (Å²) in [4.78, 5) is 20.4. The van der Waals surface area contributed by atoms with Gasteiger partial charge in [0, 0.05) is 65.9 Å². The molecule has 0 unspecified atom stereocenters. The number of aryl methyl sites for hydroxylation is 8. The van der Waals surface area contributed by atoms with E-state index in [1.165, 1.54) is 323 Å². The third-order valence-electron chi connectivity index (χ3n) is 22.2. The first-order chi connectivity index (χ1) is 47.3. The molecule has 0 radical (unpaired) electrons. The Morgan fingerprint density at radius 3 is 0.510 bits per heavy atom. The van der Waals surface area contributed by atoms with Crippen molar-refractivity contribution in [3.8, 4) is 45.0 Å². The summed E-state index contributed by atoms with van der Waals surface area (Å²) in [6.07, 6.45) is 60.8. The molecule has 4 heteroatoms. The van der Waals surface area contributed by atoms with Crippen molar-refractivity contribution in [3.63, 3.8) is 0 Å². The molecule has 0 spiro atoms. The summed E-state index contributed by atoms with van der Waals surface area (Å²) in [6.45, 7) is 18.8. The molecule has 0 saturated carbocycles. The minimum absolute atomic E-state index is 1.09. The zero-order valence-electron chi connectivity index (χ0n) is 62.8. The van der Waals surface area contributed by atoms with Gasteiger partial charge in [-0.05, 0) is 220 Å². The van der Waals surface area contributed by atoms with Crippen molar-refractivity contribution in [2.45, 2.75) is 364 Å². The van der Waals surface area contributed by atoms with Crippen molar-refractivity contribution in [2.24, 2.45) is 0 Å². The minimum atomic E-state index is 1.09. The first kappa shape index (κ1) is 74.7. The molecule has 5 heterocycles. The van der Waals surface area contributed by atoms with Crippen LogP contribution in [0.3, 0.4) is 0 Å². The highest BCUT2D eigenvalue weighted by molar-refractivity contribution is 6.11. The van der Waals surface area contributed by atoms with Gasteiger partial charge in [0.1, 0.15) is 0 Å². The van der Waals surface area contributed by atoms with Crippen LogP contribution in [0.2, 0.25) is 0 Å². The normalized spacial score (nSPS) is 12.1. The monoisotopic (exact) mass is 1300 g/mol. The van der Waals surface area contributed by atoms with E-state index in [2.05, 4.69) is 138 Å². The summed E-state index contributed by atoms with van der Waals surface area (Å²) in [5, 5.41) is 5.31. The maximum Gasteiger partial charge on any atom is 0.0737 e. The van der Waals surface area contributed by atoms with Crippen LogP contribution in [-0.4, -0.2) is 19.9 Å². The number of rotatable bonds is 48. The van der Waals surface area contributed by atoms with E-state index in [4.69, 9.17) is 9.97 Å². The highest BCUT2D eigenvalue weighted by Gasteiger charge is 2.25. The smallest absolute Gasteiger partial charge is 0.0737 e. The Morgan fingerprint density at radius 1 is 0.188 bits per heavy atom. The quantitative estimate of drug-likeness (QED) is 0.0374. The summed E-state index contributed by atoms with van der Waals surface area (Å²) in [5.74, 6) is 0. The van der Waals surface area contributed by atoms with Gasteiger partial charge < -0.3 is 9.97 Å². The summed E-state index contributed by atoms with van der Waals surface area (Å²) in [7, 11) is 0. The fourth-order valence-corrected chi connectivity index (χ4v) is 16.2. The van der Waals surface area contributed by atoms with Crippen LogP contribution in [0.5, 0.6) is 0 Å². The third-order valence-corrected chi connectivity index (χ3v) is 22.2. The molecule has 2 N–H and O–H groups in total. The van der Waals surface area contributed by atoms with E-state index in [9.17, 15) is 0 Å². The largest absolute Gasteiger partial charge is 0.354 e. The second-order valence-electron chi connectivity index (χ2n) is 30.2. The van der Waals surface area contributed by atoms with Crippen molar-refractivity contribution in [1.29, 1.82) is 0 Å². The molecule has 0 atom stereocenters. The van der Waals surface area contributed by atoms with Gasteiger partial charge in [0.25, 0.3) is 0 Å². The average Bonchev–Trinajstić information content (AvgIpc) is 1.60. The molecular formula is C92H134N4. The summed E-state index contributed by atoms with van der Waals surface area (Å²) >= 11 is 0. The van der Waals surface area contributed by atoms with Crippen LogP contribution in [-0.2, 0) is 51.4 Å². The van der Waals surface area contributed by atoms with Gasteiger partial charge in [-0.1, -0.05) is 261 Å². The topological polar surface area (TPSA) is 57.4 Å². The second-order valence-corrected chi connectivity index (χ2v) is 30.2. The molecule has 0 amide bonds. The van der Waals surface area contributed by atoms with Gasteiger partial charge in [-0.2, -0.15) is 0 Å². The van der Waals surface area contributed by atoms with E-state index < -0.39 is 0 Å². The number of hydrogen-bond donors (Lipinski definition) is 2. The van der Waals surface area contributed by atoms with Crippen LogP contribution in [0.4, 0.5) is 0 Å². The lowest BCUT2D eigenvalue weighted by molar-refractivity contribution is 0.621. The van der Waals surface area contributed by atoms with Gasteiger partial charge in [-0.25, -0.2) is 9.97 Å². The summed E-state index contributed by atoms with van der Waals surface area (Å²) < 4.78 is 0. The van der Waals surface area contributed by atoms with Crippen molar-refractivity contribution >= 4 is 43.6 Å². The molecule has 2 aliphatic heterocycles. The predicted molar refractivity (Wildman–Crippen MR) is 425 cm³/mol. The van der Waals surface area contributed by atoms with Gasteiger partial charge in [-0.3, -0.25) is 0 Å². The number of unbranched alkanes of at least 4 members (excludes halogenated alkanes) is 32. The fourth-order valence-electron chi connectivity index (χ4n) is 16.2. The van der Waals surface area contributed by atoms with Crippen LogP contribution in [0.1, 0.15) is 357 Å². The van der Waals surface area contributed by atoms with Gasteiger partial charge in [0.2, 0.25) is 0 Å². The number of H-pyrrole nitrogens is 2. The molecule has 9 rings (SSSR count). The molecule has 8 bridgehead atoms. The average molecular weight is 1300 g/mol. The molecular weight excluding hydrogens is 1160 g/mol. The molecule has 2 aliphatic rings. The Balaban J connectivity index is 1.36. The molecule has 0 saturated heterocycles. The van der Waals surface area contributed by atoms with Crippen molar-refractivity contribution in [2.75, 3.05) is 0 Å². The molecule has 7 aromatic rings. The molecule has 4 nitrogen and oxygen atoms in total. The highest BCUT2D eigenvalue weighted by atomic mass is 14.8. The summed E-state index contributed by atoms with van der Waals surface area (Å²) in [5.41, 5.74) is 26.7. The second kappa shape index (κ2) is 41.2. The van der Waals surface area contributed by atoms with Crippen molar-refractivity contribution in [1.82, 2.24) is 19.9 Å². The molecule has 0 fully saturated rings. The maximum absolute atomic E-state index is 5.96. The minimum Gasteiger partial charge on any atom is -0.354 e. The number of benzene rings is 4. The van der Waals surface area contributed by atoms with E-state index in [0.717, 1.165) is 74.1 Å². The van der Waals surface area contributed by atoms with Crippen LogP contribution in [0.25, 0.3) is 88.6 Å². The number of fused-ring (bicyclic) bond motifs is 20. The molecule has 96 heavy (non-hydrogen) atoms. The number of aromatic amines is 2. The van der Waals surface area contributed by atoms with Crippen LogP contribution in [0.15, 0.2) is 72.8 Å². The van der Waals surface area contributed by atoms with Crippen LogP contribution >= 0.6 is 0 Å². The number of nitrogens with zero attached hydrogens (tertiary/aromatic N) is 2. The van der Waals surface area contributed by atoms with E-state index in [1.54, 1.807) is 44.5 Å². The van der Waals surface area contributed by atoms with Gasteiger partial charge in [-0.15, -0.1) is 0 Å². The van der Waals surface area contributed by atoms with Crippen LogP contribution in [0, 0.1) is 0 Å². The van der Waals surface area contributed by atoms with Gasteiger partial charge >= 0.3 is 0 Å². The van der Waals surface area contributed by atoms with E-state index >= 15 is 0 Å². The van der Waals surface area contributed by atoms with Crippen molar-refractivity contribution < 1.29 is 0 Å². The van der Waals surface area contributed by atoms with E-state index in [0.29, 0.717) is 0 Å². The Hall–Kier alpha value is -5.48. The molecule has 3 aromatic heterocycles. The number of nitrogens with one attached hydrogen (secondary N) is 2. The lowest BCUT2D eigenvalue weighted by atomic mass is 9.90. The van der Waals surface area contributed by atoms with E-state index in [-0.39, 0.29) is 0 Å². The third kappa shape index (κ3) is 21.3. The number of hydrogen-bond acceptors (Lipinski definition) is 2. The van der Waals surface area contributed by atoms with Crippen LogP contribution < -0.4 is 0 Å². The Kier molecular flexibility index (Phi) is 32.1. The maximum atomic E-state index is 5.96. The fraction of sp³-hybridized carbons (Fsp3) is 0.609. The zero-order chi connectivity index (χ0) is 67.1. The lowest BCUT2D eigenvalue weighted by Gasteiger charge is -2.14. The predicted octanol–water partition coefficient (Wildman–Crippen LogP) is 29.4. The number of aromatic nitrogens is 4. The highest BCUT2D eigenvalue weighted by Crippen LogP contribution is 2.44. The first-order valence-corrected chi connectivity index (χ1v) is 41.3. The van der Waals surface area contributed by atoms with Crippen molar-refractivity contribution in [3.05, 3.63) is 117 Å². The lowest BCUT2D eigenvalue weighted by Crippen LogP contribution is -1.98. The first-order valence-electron chi connectivity index (χ1n) is 41.3. The Bertz CT molecular complexity index is 3170. The standard InChI is InChI=1S/C92H134N4/c1-9-17-25-33-41-49-69-57-77-78(58-70(69)50-42-34-26-18-10-2)86-66-88-81-61-73(53-45-37-29-21-13-5)74(54-46-38-30-22-14-6)62-82(81)90(95-88)68-92-84-64-76(56-48-40-32-24-16-8)75(55-47-39-31-23-15-7)63-83(84)91(96-92)67-89-80-60-72(52-44-36-28-20-12-4)71(51-43-35-27-19-11-3)59-79(80)87(94-89)65-85(77)93-86/h57-68,93,96H,9-56H2,1-8H3. The summed E-state index contributed by atoms with van der Waals surface area (Å²) in [6, 6.07) is 31.1. The van der Waals surface area contributed by atoms with Gasteiger partial charge in [0.05, 0.1) is 22.8 Å². The van der Waals surface area contributed by atoms with E-state index in [1.807, 2.05) is 0 Å².